The number of carbonyl (C=O) groups excluding carboxylic acids is 1. The smallest absolute Gasteiger partial charge is 0.407 e. The van der Waals surface area contributed by atoms with Gasteiger partial charge in [0.2, 0.25) is 5.82 Å². The van der Waals surface area contributed by atoms with E-state index in [4.69, 9.17) is 9.84 Å². The van der Waals surface area contributed by atoms with Gasteiger partial charge in [0.1, 0.15) is 12.9 Å². The van der Waals surface area contributed by atoms with Crippen LogP contribution >= 0.6 is 0 Å². The molecule has 1 amide bonds. The SMILES string of the molecule is O=C(NCCn1ncnc1C(=O)O)OCC1c2ccccc2-c2ccccc21. The van der Waals surface area contributed by atoms with Gasteiger partial charge in [-0.1, -0.05) is 48.5 Å². The summed E-state index contributed by atoms with van der Waals surface area (Å²) in [5.41, 5.74) is 4.62. The normalized spacial score (nSPS) is 12.3. The number of ether oxygens (including phenoxy) is 1. The van der Waals surface area contributed by atoms with Gasteiger partial charge in [-0.3, -0.25) is 0 Å². The number of carbonyl (C=O) groups is 2. The molecule has 28 heavy (non-hydrogen) atoms. The third kappa shape index (κ3) is 3.32. The van der Waals surface area contributed by atoms with Crippen molar-refractivity contribution in [1.29, 1.82) is 0 Å². The molecule has 2 N–H and O–H groups in total. The van der Waals surface area contributed by atoms with Gasteiger partial charge in [-0.25, -0.2) is 19.3 Å². The van der Waals surface area contributed by atoms with Crippen LogP contribution < -0.4 is 5.32 Å². The molecule has 1 aliphatic carbocycles. The van der Waals surface area contributed by atoms with Crippen LogP contribution in [0.1, 0.15) is 27.7 Å². The molecule has 0 fully saturated rings. The Hall–Kier alpha value is -3.68. The molecular formula is C20H18N4O4. The van der Waals surface area contributed by atoms with Gasteiger partial charge in [0.15, 0.2) is 0 Å². The molecule has 3 aromatic rings. The number of benzene rings is 2. The second kappa shape index (κ2) is 7.51. The minimum absolute atomic E-state index is 0.00733. The number of rotatable bonds is 6. The van der Waals surface area contributed by atoms with E-state index in [-0.39, 0.29) is 31.4 Å². The Labute approximate surface area is 160 Å². The van der Waals surface area contributed by atoms with Crippen molar-refractivity contribution >= 4 is 12.1 Å². The third-order valence-electron chi connectivity index (χ3n) is 4.74. The number of carboxylic acid groups (broad SMARTS) is 1. The number of alkyl carbamates (subject to hydrolysis) is 1. The molecule has 4 rings (SSSR count). The van der Waals surface area contributed by atoms with Crippen LogP contribution in [0.5, 0.6) is 0 Å². The Kier molecular flexibility index (Phi) is 4.76. The number of nitrogens with one attached hydrogen (secondary N) is 1. The standard InChI is InChI=1S/C20H18N4O4/c25-19(26)18-22-12-23-24(18)10-9-21-20(27)28-11-17-15-7-3-1-5-13(15)14-6-2-4-8-16(14)17/h1-8,12,17H,9-11H2,(H,21,27)(H,25,26). The molecule has 0 saturated heterocycles. The maximum Gasteiger partial charge on any atom is 0.407 e. The largest absolute Gasteiger partial charge is 0.475 e. The lowest BCUT2D eigenvalue weighted by Gasteiger charge is -2.14. The second-order valence-corrected chi connectivity index (χ2v) is 6.36. The lowest BCUT2D eigenvalue weighted by atomic mass is 9.98. The van der Waals surface area contributed by atoms with Crippen molar-refractivity contribution in [3.8, 4) is 11.1 Å². The monoisotopic (exact) mass is 378 g/mol. The maximum atomic E-state index is 12.1. The number of fused-ring (bicyclic) bond motifs is 3. The van der Waals surface area contributed by atoms with E-state index >= 15 is 0 Å². The summed E-state index contributed by atoms with van der Waals surface area (Å²) in [4.78, 5) is 26.7. The number of hydrogen-bond donors (Lipinski definition) is 2. The van der Waals surface area contributed by atoms with Crippen molar-refractivity contribution in [2.45, 2.75) is 12.5 Å². The number of amides is 1. The van der Waals surface area contributed by atoms with Crippen LogP contribution in [0.15, 0.2) is 54.9 Å². The lowest BCUT2D eigenvalue weighted by molar-refractivity contribution is 0.0676. The zero-order chi connectivity index (χ0) is 19.5. The summed E-state index contributed by atoms with van der Waals surface area (Å²) in [6.07, 6.45) is 0.607. The molecular weight excluding hydrogens is 360 g/mol. The first-order valence-electron chi connectivity index (χ1n) is 8.85. The minimum Gasteiger partial charge on any atom is -0.475 e. The van der Waals surface area contributed by atoms with Crippen LogP contribution in [0.4, 0.5) is 4.79 Å². The molecule has 8 nitrogen and oxygen atoms in total. The van der Waals surface area contributed by atoms with Crippen molar-refractivity contribution in [3.05, 3.63) is 71.8 Å². The predicted octanol–water partition coefficient (Wildman–Crippen LogP) is 2.52. The Morgan fingerprint density at radius 1 is 1.07 bits per heavy atom. The minimum atomic E-state index is -1.17. The lowest BCUT2D eigenvalue weighted by Crippen LogP contribution is -2.30. The molecule has 8 heteroatoms. The van der Waals surface area contributed by atoms with E-state index in [1.807, 2.05) is 24.3 Å². The van der Waals surface area contributed by atoms with Crippen molar-refractivity contribution < 1.29 is 19.4 Å². The van der Waals surface area contributed by atoms with Crippen molar-refractivity contribution in [1.82, 2.24) is 20.1 Å². The van der Waals surface area contributed by atoms with Crippen LogP contribution in [0.3, 0.4) is 0 Å². The first kappa shape index (κ1) is 17.7. The van der Waals surface area contributed by atoms with Crippen molar-refractivity contribution in [3.63, 3.8) is 0 Å². The van der Waals surface area contributed by atoms with Crippen LogP contribution in [0, 0.1) is 0 Å². The number of hydrogen-bond acceptors (Lipinski definition) is 5. The second-order valence-electron chi connectivity index (χ2n) is 6.36. The summed E-state index contributed by atoms with van der Waals surface area (Å²) in [6.45, 7) is 0.593. The maximum absolute atomic E-state index is 12.1. The highest BCUT2D eigenvalue weighted by molar-refractivity contribution is 5.83. The summed E-state index contributed by atoms with van der Waals surface area (Å²) < 4.78 is 6.64. The van der Waals surface area contributed by atoms with E-state index < -0.39 is 12.1 Å². The Morgan fingerprint density at radius 3 is 2.36 bits per heavy atom. The Morgan fingerprint density at radius 2 is 1.71 bits per heavy atom. The highest BCUT2D eigenvalue weighted by Gasteiger charge is 2.28. The average Bonchev–Trinajstić information content (AvgIpc) is 3.29. The molecule has 0 bridgehead atoms. The quantitative estimate of drug-likeness (QED) is 0.683. The zero-order valence-electron chi connectivity index (χ0n) is 14.9. The molecule has 1 aliphatic rings. The molecule has 0 unspecified atom stereocenters. The highest BCUT2D eigenvalue weighted by atomic mass is 16.5. The molecule has 142 valence electrons. The van der Waals surface area contributed by atoms with Crippen LogP contribution in [0.25, 0.3) is 11.1 Å². The van der Waals surface area contributed by atoms with Gasteiger partial charge >= 0.3 is 12.1 Å². The van der Waals surface area contributed by atoms with Crippen LogP contribution in [-0.2, 0) is 11.3 Å². The molecule has 0 spiro atoms. The van der Waals surface area contributed by atoms with E-state index in [2.05, 4.69) is 39.7 Å². The summed E-state index contributed by atoms with van der Waals surface area (Å²) in [7, 11) is 0. The van der Waals surface area contributed by atoms with Gasteiger partial charge in [-0.2, -0.15) is 5.10 Å². The van der Waals surface area contributed by atoms with Crippen LogP contribution in [-0.4, -0.2) is 45.1 Å². The van der Waals surface area contributed by atoms with Crippen LogP contribution in [0.2, 0.25) is 0 Å². The van der Waals surface area contributed by atoms with Gasteiger partial charge in [0.25, 0.3) is 0 Å². The van der Waals surface area contributed by atoms with E-state index in [9.17, 15) is 9.59 Å². The topological polar surface area (TPSA) is 106 Å². The summed E-state index contributed by atoms with van der Waals surface area (Å²) >= 11 is 0. The third-order valence-corrected chi connectivity index (χ3v) is 4.74. The van der Waals surface area contributed by atoms with Gasteiger partial charge < -0.3 is 15.2 Å². The molecule has 0 saturated carbocycles. The predicted molar refractivity (Wildman–Crippen MR) is 100 cm³/mol. The van der Waals surface area contributed by atoms with Crippen molar-refractivity contribution in [2.75, 3.05) is 13.2 Å². The number of aromatic carboxylic acids is 1. The fourth-order valence-corrected chi connectivity index (χ4v) is 3.51. The molecule has 0 aliphatic heterocycles. The Balaban J connectivity index is 1.35. The fraction of sp³-hybridized carbons (Fsp3) is 0.200. The molecule has 1 heterocycles. The average molecular weight is 378 g/mol. The number of nitrogens with zero attached hydrogens (tertiary/aromatic N) is 3. The van der Waals surface area contributed by atoms with Gasteiger partial charge in [-0.15, -0.1) is 0 Å². The first-order valence-corrected chi connectivity index (χ1v) is 8.85. The molecule has 1 aromatic heterocycles. The van der Waals surface area contributed by atoms with Crippen molar-refractivity contribution in [2.24, 2.45) is 0 Å². The summed E-state index contributed by atoms with van der Waals surface area (Å²) in [5, 5.41) is 15.4. The number of carboxylic acids is 1. The van der Waals surface area contributed by atoms with Gasteiger partial charge in [-0.05, 0) is 22.3 Å². The van der Waals surface area contributed by atoms with E-state index in [1.165, 1.54) is 15.8 Å². The van der Waals surface area contributed by atoms with E-state index in [0.717, 1.165) is 17.5 Å². The van der Waals surface area contributed by atoms with Gasteiger partial charge in [0, 0.05) is 12.5 Å². The fourth-order valence-electron chi connectivity index (χ4n) is 3.51. The first-order chi connectivity index (χ1) is 13.6. The van der Waals surface area contributed by atoms with E-state index in [1.54, 1.807) is 0 Å². The summed E-state index contributed by atoms with van der Waals surface area (Å²) in [6, 6.07) is 16.2. The summed E-state index contributed by atoms with van der Waals surface area (Å²) in [5.74, 6) is -1.35. The molecule has 2 aromatic carbocycles. The highest BCUT2D eigenvalue weighted by Crippen LogP contribution is 2.44. The number of aromatic nitrogens is 3. The molecule has 0 radical (unpaired) electrons. The van der Waals surface area contributed by atoms with Gasteiger partial charge in [0.05, 0.1) is 6.54 Å². The Bertz CT molecular complexity index is 985. The van der Waals surface area contributed by atoms with E-state index in [0.29, 0.717) is 0 Å². The zero-order valence-corrected chi connectivity index (χ0v) is 14.9. The molecule has 0 atom stereocenters.